The topological polar surface area (TPSA) is 80.9 Å². The summed E-state index contributed by atoms with van der Waals surface area (Å²) < 4.78 is 0. The van der Waals surface area contributed by atoms with Crippen LogP contribution in [0.15, 0.2) is 0 Å². The van der Waals surface area contributed by atoms with E-state index in [9.17, 15) is 0 Å². The second kappa shape index (κ2) is 9.92. The van der Waals surface area contributed by atoms with Crippen LogP contribution in [0, 0.1) is 0 Å². The SMILES string of the molecule is OCC(O)C(O)CO.[Br-].[Li+]. The molecule has 0 aromatic heterocycles. The zero-order chi connectivity index (χ0) is 6.57. The van der Waals surface area contributed by atoms with Gasteiger partial charge in [-0.25, -0.2) is 0 Å². The van der Waals surface area contributed by atoms with Crippen molar-refractivity contribution < 1.29 is 56.3 Å². The number of halogens is 1. The van der Waals surface area contributed by atoms with E-state index < -0.39 is 25.4 Å². The Morgan fingerprint density at radius 1 is 0.900 bits per heavy atom. The van der Waals surface area contributed by atoms with Crippen LogP contribution in [-0.2, 0) is 0 Å². The van der Waals surface area contributed by atoms with Gasteiger partial charge in [0.1, 0.15) is 12.2 Å². The fraction of sp³-hybridized carbons (Fsp3) is 1.00. The second-order valence-electron chi connectivity index (χ2n) is 1.50. The van der Waals surface area contributed by atoms with Gasteiger partial charge < -0.3 is 37.4 Å². The summed E-state index contributed by atoms with van der Waals surface area (Å²) in [5.74, 6) is 0. The van der Waals surface area contributed by atoms with E-state index in [0.29, 0.717) is 0 Å². The summed E-state index contributed by atoms with van der Waals surface area (Å²) in [6.45, 7) is -1.05. The van der Waals surface area contributed by atoms with Crippen molar-refractivity contribution in [1.82, 2.24) is 0 Å². The molecule has 0 aromatic carbocycles. The van der Waals surface area contributed by atoms with Crippen LogP contribution in [0.5, 0.6) is 0 Å². The van der Waals surface area contributed by atoms with Gasteiger partial charge in [0.2, 0.25) is 0 Å². The molecule has 4 nitrogen and oxygen atoms in total. The maximum atomic E-state index is 8.47. The van der Waals surface area contributed by atoms with Crippen LogP contribution in [0.1, 0.15) is 0 Å². The van der Waals surface area contributed by atoms with Gasteiger partial charge in [-0.1, -0.05) is 0 Å². The molecule has 0 fully saturated rings. The molecular formula is C4H10BrLiO4. The molecule has 0 saturated carbocycles. The molecule has 58 valence electrons. The first kappa shape index (κ1) is 17.1. The molecule has 0 amide bonds. The van der Waals surface area contributed by atoms with Crippen molar-refractivity contribution in [3.8, 4) is 0 Å². The van der Waals surface area contributed by atoms with Crippen molar-refractivity contribution in [3.05, 3.63) is 0 Å². The molecule has 0 aliphatic rings. The molecule has 0 rings (SSSR count). The Kier molecular flexibility index (Phi) is 17.0. The Labute approximate surface area is 81.8 Å². The minimum Gasteiger partial charge on any atom is -1.00 e. The van der Waals surface area contributed by atoms with Gasteiger partial charge in [-0.3, -0.25) is 0 Å². The Bertz CT molecular complexity index is 57.2. The van der Waals surface area contributed by atoms with Crippen LogP contribution >= 0.6 is 0 Å². The third-order valence-electron chi connectivity index (χ3n) is 0.818. The monoisotopic (exact) mass is 208 g/mol. The first-order chi connectivity index (χ1) is 3.72. The molecule has 2 atom stereocenters. The Balaban J connectivity index is -0.000000245. The Hall–Kier alpha value is 0.917. The van der Waals surface area contributed by atoms with Crippen LogP contribution in [0.2, 0.25) is 0 Å². The van der Waals surface area contributed by atoms with Crippen molar-refractivity contribution >= 4 is 0 Å². The molecule has 6 heteroatoms. The molecule has 0 radical (unpaired) electrons. The maximum absolute atomic E-state index is 8.47. The quantitative estimate of drug-likeness (QED) is 0.348. The number of rotatable bonds is 3. The molecule has 0 aliphatic carbocycles. The first-order valence-corrected chi connectivity index (χ1v) is 2.30. The van der Waals surface area contributed by atoms with Crippen LogP contribution in [0.3, 0.4) is 0 Å². The van der Waals surface area contributed by atoms with Gasteiger partial charge in [-0.2, -0.15) is 0 Å². The van der Waals surface area contributed by atoms with Crippen LogP contribution in [0.4, 0.5) is 0 Å². The van der Waals surface area contributed by atoms with E-state index in [1.165, 1.54) is 0 Å². The average Bonchev–Trinajstić information content (AvgIpc) is 1.84. The van der Waals surface area contributed by atoms with E-state index in [1.807, 2.05) is 0 Å². The van der Waals surface area contributed by atoms with E-state index >= 15 is 0 Å². The number of aliphatic hydroxyl groups is 4. The molecule has 0 bridgehead atoms. The third-order valence-corrected chi connectivity index (χ3v) is 0.818. The first-order valence-electron chi connectivity index (χ1n) is 2.30. The summed E-state index contributed by atoms with van der Waals surface area (Å²) in [7, 11) is 0. The van der Waals surface area contributed by atoms with E-state index in [2.05, 4.69) is 0 Å². The second-order valence-corrected chi connectivity index (χ2v) is 1.50. The van der Waals surface area contributed by atoms with Crippen LogP contribution in [-0.4, -0.2) is 45.8 Å². The van der Waals surface area contributed by atoms with Crippen molar-refractivity contribution in [2.45, 2.75) is 12.2 Å². The Morgan fingerprint density at radius 2 is 1.10 bits per heavy atom. The zero-order valence-corrected chi connectivity index (χ0v) is 7.32. The van der Waals surface area contributed by atoms with Crippen molar-refractivity contribution in [3.63, 3.8) is 0 Å². The molecule has 10 heavy (non-hydrogen) atoms. The number of hydrogen-bond acceptors (Lipinski definition) is 4. The van der Waals surface area contributed by atoms with Crippen LogP contribution in [0.25, 0.3) is 0 Å². The normalized spacial score (nSPS) is 14.4. The Morgan fingerprint density at radius 3 is 1.20 bits per heavy atom. The number of hydrogen-bond donors (Lipinski definition) is 4. The van der Waals surface area contributed by atoms with E-state index in [0.717, 1.165) is 0 Å². The molecule has 0 aromatic rings. The van der Waals surface area contributed by atoms with Crippen LogP contribution < -0.4 is 35.8 Å². The molecule has 2 unspecified atom stereocenters. The summed E-state index contributed by atoms with van der Waals surface area (Å²) in [5.41, 5.74) is 0. The van der Waals surface area contributed by atoms with Gasteiger partial charge >= 0.3 is 18.9 Å². The summed E-state index contributed by atoms with van der Waals surface area (Å²) >= 11 is 0. The van der Waals surface area contributed by atoms with E-state index in [4.69, 9.17) is 20.4 Å². The molecule has 4 N–H and O–H groups in total. The summed E-state index contributed by atoms with van der Waals surface area (Å²) in [6.07, 6.45) is -2.44. The minimum absolute atomic E-state index is 0. The predicted molar refractivity (Wildman–Crippen MR) is 26.2 cm³/mol. The van der Waals surface area contributed by atoms with E-state index in [1.54, 1.807) is 0 Å². The molecule has 0 aliphatic heterocycles. The van der Waals surface area contributed by atoms with Gasteiger partial charge in [0, 0.05) is 0 Å². The predicted octanol–water partition coefficient (Wildman–Crippen LogP) is -8.30. The largest absolute Gasteiger partial charge is 1.00 e. The average molecular weight is 209 g/mol. The molecule has 0 heterocycles. The molecular weight excluding hydrogens is 199 g/mol. The van der Waals surface area contributed by atoms with Crippen molar-refractivity contribution in [2.24, 2.45) is 0 Å². The smallest absolute Gasteiger partial charge is 1.00 e. The van der Waals surface area contributed by atoms with Crippen molar-refractivity contribution in [2.75, 3.05) is 13.2 Å². The standard InChI is InChI=1S/C4H10O4.BrH.Li/c5-1-3(7)4(8)2-6;;/h3-8H,1-2H2;1H;/q;;+1/p-1. The fourth-order valence-corrected chi connectivity index (χ4v) is 0.243. The minimum atomic E-state index is -1.22. The maximum Gasteiger partial charge on any atom is 1.00 e. The number of aliphatic hydroxyl groups excluding tert-OH is 4. The summed E-state index contributed by atoms with van der Waals surface area (Å²) in [5, 5.41) is 33.2. The van der Waals surface area contributed by atoms with Crippen molar-refractivity contribution in [1.29, 1.82) is 0 Å². The van der Waals surface area contributed by atoms with Gasteiger partial charge in [-0.15, -0.1) is 0 Å². The molecule has 0 saturated heterocycles. The molecule has 0 spiro atoms. The van der Waals surface area contributed by atoms with E-state index in [-0.39, 0.29) is 35.8 Å². The summed E-state index contributed by atoms with van der Waals surface area (Å²) in [4.78, 5) is 0. The van der Waals surface area contributed by atoms with Gasteiger partial charge in [0.05, 0.1) is 13.2 Å². The third kappa shape index (κ3) is 7.03. The zero-order valence-electron chi connectivity index (χ0n) is 5.74. The fourth-order valence-electron chi connectivity index (χ4n) is 0.243. The van der Waals surface area contributed by atoms with Gasteiger partial charge in [0.25, 0.3) is 0 Å². The van der Waals surface area contributed by atoms with Gasteiger partial charge in [0.15, 0.2) is 0 Å². The summed E-state index contributed by atoms with van der Waals surface area (Å²) in [6, 6.07) is 0. The van der Waals surface area contributed by atoms with Gasteiger partial charge in [-0.05, 0) is 0 Å².